The van der Waals surface area contributed by atoms with Gasteiger partial charge in [0.1, 0.15) is 25.0 Å². The van der Waals surface area contributed by atoms with Crippen molar-refractivity contribution in [2.75, 3.05) is 19.6 Å². The van der Waals surface area contributed by atoms with Crippen molar-refractivity contribution in [3.8, 4) is 0 Å². The summed E-state index contributed by atoms with van der Waals surface area (Å²) in [6.45, 7) is 21.0. The second-order valence-electron chi connectivity index (χ2n) is 17.2. The van der Waals surface area contributed by atoms with Gasteiger partial charge in [0.2, 0.25) is 11.8 Å². The molecule has 0 aliphatic carbocycles. The van der Waals surface area contributed by atoms with Crippen molar-refractivity contribution < 1.29 is 23.9 Å². The number of amides is 3. The lowest BCUT2D eigenvalue weighted by atomic mass is 9.99. The van der Waals surface area contributed by atoms with Gasteiger partial charge in [-0.15, -0.1) is 0 Å². The second kappa shape index (κ2) is 23.0. The second-order valence-corrected chi connectivity index (χ2v) is 17.2. The normalized spacial score (nSPS) is 17.4. The first-order valence-electron chi connectivity index (χ1n) is 21.2. The highest BCUT2D eigenvalue weighted by Gasteiger charge is 2.29. The number of nitrogens with zero attached hydrogens (tertiary/aromatic N) is 2. The number of alkyl carbamates (subject to hydrolysis) is 1. The smallest absolute Gasteiger partial charge is 0.408 e. The van der Waals surface area contributed by atoms with Crippen LogP contribution in [0.2, 0.25) is 0 Å². The lowest BCUT2D eigenvalue weighted by Crippen LogP contribution is -2.55. The Morgan fingerprint density at radius 2 is 1.19 bits per heavy atom. The van der Waals surface area contributed by atoms with Crippen LogP contribution in [0.3, 0.4) is 0 Å². The predicted octanol–water partition coefficient (Wildman–Crippen LogP) is 7.46. The van der Waals surface area contributed by atoms with Crippen LogP contribution < -0.4 is 21.3 Å². The molecule has 1 saturated heterocycles. The molecule has 0 unspecified atom stereocenters. The van der Waals surface area contributed by atoms with E-state index in [0.717, 1.165) is 31.5 Å². The van der Waals surface area contributed by atoms with Crippen LogP contribution in [0.1, 0.15) is 86.6 Å². The van der Waals surface area contributed by atoms with E-state index in [4.69, 9.17) is 4.74 Å². The summed E-state index contributed by atoms with van der Waals surface area (Å²) in [6, 6.07) is 25.7. The molecule has 4 N–H and O–H groups in total. The number of carbonyl (C=O) groups excluding carboxylic acids is 4. The molecule has 2 heterocycles. The highest BCUT2D eigenvalue weighted by molar-refractivity contribution is 6.08. The standard InChI is InChI=1S/C26H41N3O5.C21H27N3/c1-17(2)12-21(15-30)27-24(31)22(13-18(3)4)28-25(32)23(14-19(5)6)29-26(33)34-16-20-10-8-7-9-11-20;1-16-14-23(15-17(2)22-16)12-7-13-24-20-10-5-3-8-18(20)19-9-4-6-11-21(19)24/h7-11,15,17-19,21-23H,12-14,16H2,1-6H3,(H,27,31)(H,28,32)(H,29,33);3-6,8-11,16-17,22H,7,12-15H2,1-2H3/t21-,22-,23-;16-,17+/m0./s1. The molecular weight excluding hydrogens is 729 g/mol. The summed E-state index contributed by atoms with van der Waals surface area (Å²) in [5.41, 5.74) is 3.56. The lowest BCUT2D eigenvalue weighted by molar-refractivity contribution is -0.131. The number of carbonyl (C=O) groups is 4. The van der Waals surface area contributed by atoms with Crippen molar-refractivity contribution in [1.29, 1.82) is 0 Å². The van der Waals surface area contributed by atoms with Gasteiger partial charge in [-0.25, -0.2) is 4.79 Å². The van der Waals surface area contributed by atoms with Crippen LogP contribution in [0.4, 0.5) is 4.79 Å². The number of piperazine rings is 1. The fraction of sp³-hybridized carbons (Fsp3) is 0.532. The molecule has 1 aliphatic heterocycles. The fourth-order valence-corrected chi connectivity index (χ4v) is 7.84. The van der Waals surface area contributed by atoms with Gasteiger partial charge < -0.3 is 40.3 Å². The Bertz CT molecular complexity index is 1830. The molecule has 3 amide bonds. The summed E-state index contributed by atoms with van der Waals surface area (Å²) in [5.74, 6) is -0.390. The Hall–Kier alpha value is -4.74. The fourth-order valence-electron chi connectivity index (χ4n) is 7.84. The third-order valence-corrected chi connectivity index (χ3v) is 10.3. The van der Waals surface area contributed by atoms with E-state index < -0.39 is 36.0 Å². The number of aryl methyl sites for hydroxylation is 1. The summed E-state index contributed by atoms with van der Waals surface area (Å²) in [4.78, 5) is 52.4. The van der Waals surface area contributed by atoms with E-state index >= 15 is 0 Å². The van der Waals surface area contributed by atoms with Gasteiger partial charge >= 0.3 is 6.09 Å². The van der Waals surface area contributed by atoms with Gasteiger partial charge in [-0.3, -0.25) is 9.59 Å². The maximum Gasteiger partial charge on any atom is 0.408 e. The minimum atomic E-state index is -0.858. The molecule has 1 aromatic heterocycles. The molecule has 0 radical (unpaired) electrons. The molecule has 0 bridgehead atoms. The first-order chi connectivity index (χ1) is 27.7. The minimum absolute atomic E-state index is 0.0873. The van der Waals surface area contributed by atoms with Crippen LogP contribution in [0.5, 0.6) is 0 Å². The van der Waals surface area contributed by atoms with Gasteiger partial charge in [0.05, 0.1) is 6.04 Å². The number of hydrogen-bond acceptors (Lipinski definition) is 7. The van der Waals surface area contributed by atoms with Crippen molar-refractivity contribution in [2.24, 2.45) is 17.8 Å². The van der Waals surface area contributed by atoms with Crippen molar-refractivity contribution in [3.05, 3.63) is 84.4 Å². The van der Waals surface area contributed by atoms with Crippen LogP contribution in [0, 0.1) is 17.8 Å². The van der Waals surface area contributed by atoms with Crippen molar-refractivity contribution in [1.82, 2.24) is 30.7 Å². The SMILES string of the molecule is CC(C)C[C@@H](C=O)NC(=O)[C@H](CC(C)C)NC(=O)[C@H](CC(C)C)NC(=O)OCc1ccccc1.C[C@@H]1CN(CCCn2c3ccccc3c3ccccc32)C[C@H](C)N1. The van der Waals surface area contributed by atoms with Crippen LogP contribution >= 0.6 is 0 Å². The summed E-state index contributed by atoms with van der Waals surface area (Å²) in [7, 11) is 0. The molecule has 5 atom stereocenters. The maximum absolute atomic E-state index is 13.1. The van der Waals surface area contributed by atoms with Gasteiger partial charge in [-0.2, -0.15) is 0 Å². The zero-order valence-electron chi connectivity index (χ0n) is 36.0. The number of nitrogens with one attached hydrogen (secondary N) is 4. The topological polar surface area (TPSA) is 134 Å². The number of fused-ring (bicyclic) bond motifs is 3. The number of aromatic nitrogens is 1. The first-order valence-corrected chi connectivity index (χ1v) is 21.2. The summed E-state index contributed by atoms with van der Waals surface area (Å²) in [5, 5.41) is 14.5. The van der Waals surface area contributed by atoms with Gasteiger partial charge in [-0.1, -0.05) is 108 Å². The average molecular weight is 797 g/mol. The molecule has 11 heteroatoms. The molecule has 4 aromatic rings. The van der Waals surface area contributed by atoms with Crippen LogP contribution in [-0.4, -0.2) is 83.5 Å². The number of rotatable bonds is 18. The zero-order chi connectivity index (χ0) is 42.2. The summed E-state index contributed by atoms with van der Waals surface area (Å²) in [6.07, 6.45) is 2.51. The molecule has 1 fully saturated rings. The van der Waals surface area contributed by atoms with Gasteiger partial charge in [0, 0.05) is 53.5 Å². The van der Waals surface area contributed by atoms with Crippen LogP contribution in [0.15, 0.2) is 78.9 Å². The highest BCUT2D eigenvalue weighted by Crippen LogP contribution is 2.29. The van der Waals surface area contributed by atoms with Gasteiger partial charge in [0.25, 0.3) is 0 Å². The predicted molar refractivity (Wildman–Crippen MR) is 234 cm³/mol. The molecule has 5 rings (SSSR count). The van der Waals surface area contributed by atoms with E-state index in [1.54, 1.807) is 0 Å². The van der Waals surface area contributed by atoms with E-state index in [2.05, 4.69) is 93.1 Å². The van der Waals surface area contributed by atoms with Gasteiger partial charge in [0.15, 0.2) is 0 Å². The Balaban J connectivity index is 0.000000270. The summed E-state index contributed by atoms with van der Waals surface area (Å²) < 4.78 is 7.76. The average Bonchev–Trinajstić information content (AvgIpc) is 3.49. The molecule has 316 valence electrons. The molecule has 0 saturated carbocycles. The van der Waals surface area contributed by atoms with Crippen LogP contribution in [0.25, 0.3) is 21.8 Å². The monoisotopic (exact) mass is 797 g/mol. The quantitative estimate of drug-likeness (QED) is 0.0769. The number of ether oxygens (including phenoxy) is 1. The van der Waals surface area contributed by atoms with Crippen molar-refractivity contribution in [3.63, 3.8) is 0 Å². The Morgan fingerprint density at radius 1 is 0.690 bits per heavy atom. The van der Waals surface area contributed by atoms with E-state index in [9.17, 15) is 19.2 Å². The Morgan fingerprint density at radius 3 is 1.72 bits per heavy atom. The van der Waals surface area contributed by atoms with E-state index in [-0.39, 0.29) is 24.4 Å². The highest BCUT2D eigenvalue weighted by atomic mass is 16.5. The largest absolute Gasteiger partial charge is 0.445 e. The molecule has 3 aromatic carbocycles. The Labute approximate surface area is 346 Å². The third-order valence-electron chi connectivity index (χ3n) is 10.3. The molecule has 58 heavy (non-hydrogen) atoms. The molecule has 1 aliphatic rings. The maximum atomic E-state index is 13.1. The first kappa shape index (κ1) is 46.0. The van der Waals surface area contributed by atoms with E-state index in [1.807, 2.05) is 71.9 Å². The van der Waals surface area contributed by atoms with Crippen molar-refractivity contribution in [2.45, 2.75) is 124 Å². The van der Waals surface area contributed by atoms with Gasteiger partial charge in [-0.05, 0) is 81.5 Å². The lowest BCUT2D eigenvalue weighted by Gasteiger charge is -2.36. The number of benzene rings is 3. The third kappa shape index (κ3) is 14.6. The molecule has 11 nitrogen and oxygen atoms in total. The van der Waals surface area contributed by atoms with Crippen LogP contribution in [-0.2, 0) is 32.3 Å². The number of para-hydroxylation sites is 2. The molecular formula is C47H68N6O5. The molecule has 0 spiro atoms. The summed E-state index contributed by atoms with van der Waals surface area (Å²) >= 11 is 0. The van der Waals surface area contributed by atoms with E-state index in [0.29, 0.717) is 31.3 Å². The zero-order valence-corrected chi connectivity index (χ0v) is 36.0. The Kier molecular flexibility index (Phi) is 18.2. The number of aldehydes is 1. The number of hydrogen-bond donors (Lipinski definition) is 4. The van der Waals surface area contributed by atoms with Crippen molar-refractivity contribution >= 4 is 46.0 Å². The minimum Gasteiger partial charge on any atom is -0.445 e. The van der Waals surface area contributed by atoms with E-state index in [1.165, 1.54) is 34.8 Å².